The van der Waals surface area contributed by atoms with E-state index in [1.165, 1.54) is 11.8 Å². The fourth-order valence-corrected chi connectivity index (χ4v) is 3.60. The van der Waals surface area contributed by atoms with Crippen molar-refractivity contribution in [2.24, 2.45) is 5.41 Å². The summed E-state index contributed by atoms with van der Waals surface area (Å²) in [6.45, 7) is 7.74. The Morgan fingerprint density at radius 2 is 1.92 bits per heavy atom. The second-order valence-corrected chi connectivity index (χ2v) is 7.85. The van der Waals surface area contributed by atoms with Gasteiger partial charge in [0, 0.05) is 11.0 Å². The number of carbonyl (C=O) groups excluding carboxylic acids is 1. The predicted molar refractivity (Wildman–Crippen MR) is 93.9 cm³/mol. The molecule has 0 unspecified atom stereocenters. The van der Waals surface area contributed by atoms with E-state index in [4.69, 9.17) is 23.7 Å². The number of benzene rings is 1. The Bertz CT molecular complexity index is 620. The van der Waals surface area contributed by atoms with Crippen LogP contribution in [-0.4, -0.2) is 44.1 Å². The molecule has 6 nitrogen and oxygen atoms in total. The molecule has 0 aromatic heterocycles. The maximum absolute atomic E-state index is 11.6. The van der Waals surface area contributed by atoms with Gasteiger partial charge in [-0.05, 0) is 25.1 Å². The molecule has 1 fully saturated rings. The van der Waals surface area contributed by atoms with Gasteiger partial charge in [0.25, 0.3) is 0 Å². The lowest BCUT2D eigenvalue weighted by molar-refractivity contribution is -0.295. The highest BCUT2D eigenvalue weighted by Crippen LogP contribution is 2.42. The van der Waals surface area contributed by atoms with Crippen LogP contribution in [0.25, 0.3) is 0 Å². The van der Waals surface area contributed by atoms with Crippen LogP contribution in [-0.2, 0) is 24.8 Å². The number of rotatable bonds is 6. The predicted octanol–water partition coefficient (Wildman–Crippen LogP) is 2.94. The van der Waals surface area contributed by atoms with Gasteiger partial charge in [-0.3, -0.25) is 4.79 Å². The largest absolute Gasteiger partial charge is 0.465 e. The summed E-state index contributed by atoms with van der Waals surface area (Å²) in [5.41, 5.74) is 0.814. The number of carbonyl (C=O) groups is 1. The third-order valence-corrected chi connectivity index (χ3v) is 5.05. The molecule has 2 aliphatic rings. The molecule has 1 aromatic rings. The first-order chi connectivity index (χ1) is 11.9. The van der Waals surface area contributed by atoms with Crippen molar-refractivity contribution in [1.29, 1.82) is 0 Å². The third-order valence-electron chi connectivity index (χ3n) is 4.02. The SMILES string of the molecule is CCOC(=O)CSCC1(c2ccc3c(c2)OCO3)OCC(C)(C)CO1. The van der Waals surface area contributed by atoms with Gasteiger partial charge in [0.2, 0.25) is 12.6 Å². The standard InChI is InChI=1S/C18H24O6S/c1-4-20-16(19)8-25-11-18(23-9-17(2,3)10-24-18)13-5-6-14-15(7-13)22-12-21-14/h5-7H,4,8-12H2,1-3H3. The summed E-state index contributed by atoms with van der Waals surface area (Å²) in [6, 6.07) is 5.68. The molecule has 0 saturated carbocycles. The minimum atomic E-state index is -0.909. The summed E-state index contributed by atoms with van der Waals surface area (Å²) >= 11 is 1.44. The zero-order valence-corrected chi connectivity index (χ0v) is 15.6. The number of hydrogen-bond donors (Lipinski definition) is 0. The molecule has 25 heavy (non-hydrogen) atoms. The van der Waals surface area contributed by atoms with Gasteiger partial charge in [-0.15, -0.1) is 11.8 Å². The summed E-state index contributed by atoms with van der Waals surface area (Å²) in [5, 5.41) is 0. The Morgan fingerprint density at radius 1 is 1.20 bits per heavy atom. The molecule has 0 N–H and O–H groups in total. The minimum Gasteiger partial charge on any atom is -0.465 e. The van der Waals surface area contributed by atoms with E-state index in [0.29, 0.717) is 37.1 Å². The summed E-state index contributed by atoms with van der Waals surface area (Å²) in [6.07, 6.45) is 0. The van der Waals surface area contributed by atoms with Crippen molar-refractivity contribution in [3.8, 4) is 11.5 Å². The average Bonchev–Trinajstić information content (AvgIpc) is 3.05. The lowest BCUT2D eigenvalue weighted by atomic mass is 9.93. The van der Waals surface area contributed by atoms with Crippen LogP contribution in [0.1, 0.15) is 26.3 Å². The van der Waals surface area contributed by atoms with Crippen LogP contribution in [0.3, 0.4) is 0 Å². The lowest BCUT2D eigenvalue weighted by Gasteiger charge is -2.43. The zero-order valence-electron chi connectivity index (χ0n) is 14.8. The van der Waals surface area contributed by atoms with E-state index >= 15 is 0 Å². The van der Waals surface area contributed by atoms with E-state index in [1.807, 2.05) is 18.2 Å². The Morgan fingerprint density at radius 3 is 2.64 bits per heavy atom. The topological polar surface area (TPSA) is 63.2 Å². The number of esters is 1. The molecular formula is C18H24O6S. The minimum absolute atomic E-state index is 0.0500. The number of fused-ring (bicyclic) bond motifs is 1. The van der Waals surface area contributed by atoms with Gasteiger partial charge in [-0.25, -0.2) is 0 Å². The second-order valence-electron chi connectivity index (χ2n) is 6.86. The molecule has 1 saturated heterocycles. The van der Waals surface area contributed by atoms with Crippen molar-refractivity contribution in [2.75, 3.05) is 38.1 Å². The van der Waals surface area contributed by atoms with Crippen molar-refractivity contribution in [3.05, 3.63) is 23.8 Å². The van der Waals surface area contributed by atoms with Crippen LogP contribution in [0.2, 0.25) is 0 Å². The van der Waals surface area contributed by atoms with Gasteiger partial charge in [-0.1, -0.05) is 13.8 Å². The Kier molecular flexibility index (Phi) is 5.46. The van der Waals surface area contributed by atoms with E-state index in [0.717, 1.165) is 5.56 Å². The van der Waals surface area contributed by atoms with Crippen LogP contribution < -0.4 is 9.47 Å². The second kappa shape index (κ2) is 7.43. The molecule has 7 heteroatoms. The molecule has 0 bridgehead atoms. The van der Waals surface area contributed by atoms with Crippen LogP contribution in [0.4, 0.5) is 0 Å². The summed E-state index contributed by atoms with van der Waals surface area (Å²) in [7, 11) is 0. The van der Waals surface area contributed by atoms with Crippen molar-refractivity contribution < 1.29 is 28.5 Å². The van der Waals surface area contributed by atoms with Crippen LogP contribution in [0, 0.1) is 5.41 Å². The van der Waals surface area contributed by atoms with Crippen LogP contribution in [0.15, 0.2) is 18.2 Å². The molecule has 138 valence electrons. The van der Waals surface area contributed by atoms with Crippen LogP contribution in [0.5, 0.6) is 11.5 Å². The van der Waals surface area contributed by atoms with E-state index < -0.39 is 5.79 Å². The van der Waals surface area contributed by atoms with Gasteiger partial charge in [-0.2, -0.15) is 0 Å². The first kappa shape index (κ1) is 18.4. The highest BCUT2D eigenvalue weighted by molar-refractivity contribution is 7.99. The van der Waals surface area contributed by atoms with Crippen molar-refractivity contribution in [1.82, 2.24) is 0 Å². The van der Waals surface area contributed by atoms with Gasteiger partial charge < -0.3 is 23.7 Å². The first-order valence-electron chi connectivity index (χ1n) is 8.35. The molecule has 0 amide bonds. The molecule has 0 spiro atoms. The number of ether oxygens (including phenoxy) is 5. The normalized spacial score (nSPS) is 20.3. The number of thioether (sulfide) groups is 1. The van der Waals surface area contributed by atoms with Crippen LogP contribution >= 0.6 is 11.8 Å². The van der Waals surface area contributed by atoms with E-state index in [1.54, 1.807) is 6.92 Å². The molecule has 0 aliphatic carbocycles. The van der Waals surface area contributed by atoms with Crippen molar-refractivity contribution in [2.45, 2.75) is 26.6 Å². The highest BCUT2D eigenvalue weighted by atomic mass is 32.2. The van der Waals surface area contributed by atoms with Crippen molar-refractivity contribution >= 4 is 17.7 Å². The van der Waals surface area contributed by atoms with Gasteiger partial charge in [0.15, 0.2) is 11.5 Å². The number of hydrogen-bond acceptors (Lipinski definition) is 7. The molecule has 3 rings (SSSR count). The quantitative estimate of drug-likeness (QED) is 0.715. The molecule has 0 atom stereocenters. The monoisotopic (exact) mass is 368 g/mol. The first-order valence-corrected chi connectivity index (χ1v) is 9.51. The fourth-order valence-electron chi connectivity index (χ4n) is 2.65. The zero-order chi connectivity index (χ0) is 17.9. The Hall–Kier alpha value is -1.44. The van der Waals surface area contributed by atoms with E-state index in [9.17, 15) is 4.79 Å². The highest BCUT2D eigenvalue weighted by Gasteiger charge is 2.43. The summed E-state index contributed by atoms with van der Waals surface area (Å²) in [5.74, 6) is 1.01. The maximum Gasteiger partial charge on any atom is 0.315 e. The smallest absolute Gasteiger partial charge is 0.315 e. The van der Waals surface area contributed by atoms with Gasteiger partial charge in [0.1, 0.15) is 0 Å². The van der Waals surface area contributed by atoms with Gasteiger partial charge >= 0.3 is 5.97 Å². The van der Waals surface area contributed by atoms with E-state index in [2.05, 4.69) is 13.8 Å². The average molecular weight is 368 g/mol. The lowest BCUT2D eigenvalue weighted by Crippen LogP contribution is -2.47. The summed E-state index contributed by atoms with van der Waals surface area (Å²) in [4.78, 5) is 11.6. The Labute approximate surface area is 152 Å². The molecule has 0 radical (unpaired) electrons. The Balaban J connectivity index is 1.76. The van der Waals surface area contributed by atoms with E-state index in [-0.39, 0.29) is 23.9 Å². The third kappa shape index (κ3) is 4.22. The molecule has 2 heterocycles. The maximum atomic E-state index is 11.6. The van der Waals surface area contributed by atoms with Gasteiger partial charge in [0.05, 0.1) is 31.3 Å². The molecule has 1 aromatic carbocycles. The van der Waals surface area contributed by atoms with Crippen molar-refractivity contribution in [3.63, 3.8) is 0 Å². The summed E-state index contributed by atoms with van der Waals surface area (Å²) < 4.78 is 28.2. The fraction of sp³-hybridized carbons (Fsp3) is 0.611. The molecule has 2 aliphatic heterocycles. The molecular weight excluding hydrogens is 344 g/mol.